The van der Waals surface area contributed by atoms with E-state index >= 15 is 0 Å². The van der Waals surface area contributed by atoms with Crippen LogP contribution in [0.4, 0.5) is 23.3 Å². The van der Waals surface area contributed by atoms with Crippen LogP contribution in [0.15, 0.2) is 30.6 Å². The van der Waals surface area contributed by atoms with Gasteiger partial charge in [0.2, 0.25) is 11.9 Å². The van der Waals surface area contributed by atoms with Gasteiger partial charge in [-0.1, -0.05) is 35.4 Å². The van der Waals surface area contributed by atoms with E-state index < -0.39 is 0 Å². The van der Waals surface area contributed by atoms with Crippen molar-refractivity contribution in [2.24, 2.45) is 0 Å². The van der Waals surface area contributed by atoms with Crippen LogP contribution in [-0.4, -0.2) is 15.0 Å². The Morgan fingerprint density at radius 2 is 0.923 bits per heavy atom. The molecule has 0 fully saturated rings. The van der Waals surface area contributed by atoms with Gasteiger partial charge in [0, 0.05) is 11.4 Å². The summed E-state index contributed by atoms with van der Waals surface area (Å²) in [7, 11) is 0. The zero-order valence-corrected chi connectivity index (χ0v) is 16.2. The number of nitrogens with one attached hydrogen (secondary N) is 2. The molecule has 0 spiro atoms. The zero-order chi connectivity index (χ0) is 18.8. The molecule has 5 nitrogen and oxygen atoms in total. The molecule has 134 valence electrons. The molecule has 0 aliphatic carbocycles. The summed E-state index contributed by atoms with van der Waals surface area (Å²) in [5.74, 6) is 1.06. The number of aryl methyl sites for hydroxylation is 6. The minimum atomic E-state index is 0.528. The summed E-state index contributed by atoms with van der Waals surface area (Å²) in [5.41, 5.74) is 9.24. The Morgan fingerprint density at radius 3 is 1.27 bits per heavy atom. The van der Waals surface area contributed by atoms with E-state index in [4.69, 9.17) is 0 Å². The minimum Gasteiger partial charge on any atom is -0.324 e. The van der Waals surface area contributed by atoms with Crippen molar-refractivity contribution in [3.63, 3.8) is 0 Å². The fraction of sp³-hybridized carbons (Fsp3) is 0.286. The molecule has 0 bridgehead atoms. The Bertz CT molecular complexity index is 842. The standard InChI is InChI=1S/C21H25N5/c1-12-7-14(3)18(15(4)8-12)24-20-22-11-23-21(26-20)25-19-16(5)9-13(2)10-17(19)6/h7-11H,1-6H3,(H2,22,23,24,25,26). The maximum atomic E-state index is 4.53. The smallest absolute Gasteiger partial charge is 0.232 e. The SMILES string of the molecule is Cc1cc(C)c(Nc2ncnc(Nc3c(C)cc(C)cc3C)n2)c(C)c1. The van der Waals surface area contributed by atoms with Gasteiger partial charge in [-0.15, -0.1) is 0 Å². The van der Waals surface area contributed by atoms with Crippen LogP contribution in [0.5, 0.6) is 0 Å². The Labute approximate surface area is 154 Å². The molecule has 0 amide bonds. The zero-order valence-electron chi connectivity index (χ0n) is 16.2. The molecule has 1 aromatic heterocycles. The topological polar surface area (TPSA) is 62.7 Å². The molecule has 0 aliphatic heterocycles. The second-order valence-electron chi connectivity index (χ2n) is 6.93. The number of anilines is 4. The fourth-order valence-corrected chi connectivity index (χ4v) is 3.39. The molecular weight excluding hydrogens is 322 g/mol. The first-order chi connectivity index (χ1) is 12.3. The van der Waals surface area contributed by atoms with Gasteiger partial charge < -0.3 is 10.6 Å². The molecule has 2 aromatic carbocycles. The molecule has 3 aromatic rings. The van der Waals surface area contributed by atoms with Crippen LogP contribution in [0, 0.1) is 41.5 Å². The van der Waals surface area contributed by atoms with E-state index in [1.54, 1.807) is 0 Å². The third kappa shape index (κ3) is 3.82. The molecule has 3 rings (SSSR count). The van der Waals surface area contributed by atoms with E-state index in [0.29, 0.717) is 11.9 Å². The highest BCUT2D eigenvalue weighted by molar-refractivity contribution is 5.66. The van der Waals surface area contributed by atoms with E-state index in [-0.39, 0.29) is 0 Å². The first-order valence-corrected chi connectivity index (χ1v) is 8.72. The van der Waals surface area contributed by atoms with Crippen molar-refractivity contribution in [3.05, 3.63) is 64.0 Å². The number of hydrogen-bond acceptors (Lipinski definition) is 5. The number of hydrogen-bond donors (Lipinski definition) is 2. The second-order valence-corrected chi connectivity index (χ2v) is 6.93. The van der Waals surface area contributed by atoms with Crippen LogP contribution in [-0.2, 0) is 0 Å². The van der Waals surface area contributed by atoms with Gasteiger partial charge in [-0.05, 0) is 63.8 Å². The Hall–Kier alpha value is -2.95. The summed E-state index contributed by atoms with van der Waals surface area (Å²) in [4.78, 5) is 13.1. The lowest BCUT2D eigenvalue weighted by molar-refractivity contribution is 1.05. The average Bonchev–Trinajstić information content (AvgIpc) is 2.55. The maximum absolute atomic E-state index is 4.53. The first-order valence-electron chi connectivity index (χ1n) is 8.72. The van der Waals surface area contributed by atoms with Crippen molar-refractivity contribution in [2.75, 3.05) is 10.6 Å². The van der Waals surface area contributed by atoms with Gasteiger partial charge in [0.05, 0.1) is 0 Å². The quantitative estimate of drug-likeness (QED) is 0.678. The molecule has 0 saturated carbocycles. The lowest BCUT2D eigenvalue weighted by Gasteiger charge is -2.15. The molecule has 2 N–H and O–H groups in total. The van der Waals surface area contributed by atoms with Gasteiger partial charge in [-0.25, -0.2) is 9.97 Å². The van der Waals surface area contributed by atoms with Crippen molar-refractivity contribution in [1.82, 2.24) is 15.0 Å². The lowest BCUT2D eigenvalue weighted by atomic mass is 10.1. The van der Waals surface area contributed by atoms with E-state index in [1.807, 2.05) is 0 Å². The van der Waals surface area contributed by atoms with Crippen molar-refractivity contribution >= 4 is 23.3 Å². The van der Waals surface area contributed by atoms with Gasteiger partial charge in [0.25, 0.3) is 0 Å². The molecule has 0 atom stereocenters. The third-order valence-electron chi connectivity index (χ3n) is 4.40. The molecule has 0 radical (unpaired) electrons. The van der Waals surface area contributed by atoms with E-state index in [9.17, 15) is 0 Å². The summed E-state index contributed by atoms with van der Waals surface area (Å²) >= 11 is 0. The highest BCUT2D eigenvalue weighted by atomic mass is 15.2. The Kier molecular flexibility index (Phi) is 4.89. The van der Waals surface area contributed by atoms with E-state index in [1.165, 1.54) is 39.7 Å². The van der Waals surface area contributed by atoms with Crippen molar-refractivity contribution < 1.29 is 0 Å². The molecule has 5 heteroatoms. The van der Waals surface area contributed by atoms with E-state index in [0.717, 1.165) is 11.4 Å². The first kappa shape index (κ1) is 17.9. The van der Waals surface area contributed by atoms with Gasteiger partial charge in [0.15, 0.2) is 0 Å². The van der Waals surface area contributed by atoms with Crippen LogP contribution in [0.25, 0.3) is 0 Å². The normalized spacial score (nSPS) is 10.7. The lowest BCUT2D eigenvalue weighted by Crippen LogP contribution is -2.06. The summed E-state index contributed by atoms with van der Waals surface area (Å²) in [6.45, 7) is 12.5. The third-order valence-corrected chi connectivity index (χ3v) is 4.40. The molecule has 0 saturated heterocycles. The Balaban J connectivity index is 1.88. The van der Waals surface area contributed by atoms with Crippen molar-refractivity contribution in [3.8, 4) is 0 Å². The highest BCUT2D eigenvalue weighted by Gasteiger charge is 2.09. The average molecular weight is 347 g/mol. The van der Waals surface area contributed by atoms with Crippen LogP contribution < -0.4 is 10.6 Å². The van der Waals surface area contributed by atoms with Gasteiger partial charge in [-0.2, -0.15) is 4.98 Å². The molecule has 0 unspecified atom stereocenters. The van der Waals surface area contributed by atoms with E-state index in [2.05, 4.69) is 91.4 Å². The predicted molar refractivity (Wildman–Crippen MR) is 108 cm³/mol. The van der Waals surface area contributed by atoms with Gasteiger partial charge in [-0.3, -0.25) is 0 Å². The minimum absolute atomic E-state index is 0.528. The summed E-state index contributed by atoms with van der Waals surface area (Å²) in [5, 5.41) is 6.66. The summed E-state index contributed by atoms with van der Waals surface area (Å²) in [6.07, 6.45) is 1.52. The number of nitrogens with zero attached hydrogens (tertiary/aromatic N) is 3. The highest BCUT2D eigenvalue weighted by Crippen LogP contribution is 2.26. The number of aromatic nitrogens is 3. The number of rotatable bonds is 4. The predicted octanol–water partition coefficient (Wildman–Crippen LogP) is 5.21. The van der Waals surface area contributed by atoms with Crippen molar-refractivity contribution in [1.29, 1.82) is 0 Å². The fourth-order valence-electron chi connectivity index (χ4n) is 3.39. The molecular formula is C21H25N5. The van der Waals surface area contributed by atoms with Gasteiger partial charge >= 0.3 is 0 Å². The van der Waals surface area contributed by atoms with Crippen LogP contribution >= 0.6 is 0 Å². The molecule has 1 heterocycles. The van der Waals surface area contributed by atoms with Crippen LogP contribution in [0.1, 0.15) is 33.4 Å². The maximum Gasteiger partial charge on any atom is 0.232 e. The second kappa shape index (κ2) is 7.12. The van der Waals surface area contributed by atoms with Crippen LogP contribution in [0.2, 0.25) is 0 Å². The molecule has 0 aliphatic rings. The van der Waals surface area contributed by atoms with Gasteiger partial charge in [0.1, 0.15) is 6.33 Å². The Morgan fingerprint density at radius 1 is 0.577 bits per heavy atom. The largest absolute Gasteiger partial charge is 0.324 e. The molecule has 26 heavy (non-hydrogen) atoms. The number of benzene rings is 2. The van der Waals surface area contributed by atoms with Crippen LogP contribution in [0.3, 0.4) is 0 Å². The summed E-state index contributed by atoms with van der Waals surface area (Å²) < 4.78 is 0. The monoisotopic (exact) mass is 347 g/mol. The van der Waals surface area contributed by atoms with Crippen molar-refractivity contribution in [2.45, 2.75) is 41.5 Å². The summed E-state index contributed by atoms with van der Waals surface area (Å²) in [6, 6.07) is 8.59.